The van der Waals surface area contributed by atoms with Crippen LogP contribution in [0.5, 0.6) is 0 Å². The summed E-state index contributed by atoms with van der Waals surface area (Å²) in [7, 11) is 1.20. The van der Waals surface area contributed by atoms with Crippen LogP contribution in [0.1, 0.15) is 5.69 Å². The predicted molar refractivity (Wildman–Crippen MR) is 56.5 cm³/mol. The van der Waals surface area contributed by atoms with Gasteiger partial charge in [-0.15, -0.1) is 0 Å². The number of halogens is 4. The Hall–Kier alpha value is -1.56. The van der Waals surface area contributed by atoms with Crippen molar-refractivity contribution in [1.82, 2.24) is 14.8 Å². The second kappa shape index (κ2) is 4.03. The molecule has 0 bridgehead atoms. The van der Waals surface area contributed by atoms with E-state index in [0.29, 0.717) is 5.56 Å². The number of pyridine rings is 1. The second-order valence-electron chi connectivity index (χ2n) is 3.37. The van der Waals surface area contributed by atoms with Crippen molar-refractivity contribution in [3.8, 4) is 11.3 Å². The number of rotatable bonds is 1. The summed E-state index contributed by atoms with van der Waals surface area (Å²) in [6, 6.07) is 3.20. The van der Waals surface area contributed by atoms with Crippen LogP contribution in [-0.2, 0) is 13.2 Å². The van der Waals surface area contributed by atoms with Crippen molar-refractivity contribution in [2.75, 3.05) is 0 Å². The third-order valence-electron chi connectivity index (χ3n) is 2.19. The minimum atomic E-state index is -4.53. The molecule has 0 aliphatic heterocycles. The van der Waals surface area contributed by atoms with Crippen molar-refractivity contribution < 1.29 is 13.2 Å². The van der Waals surface area contributed by atoms with Crippen LogP contribution < -0.4 is 0 Å². The standard InChI is InChI=1S/C10H7ClF3N3/c1-17-9(10(12,13)14)7(11)8(16-17)6-3-2-4-15-5-6/h2-5H,1H3. The number of hydrogen-bond acceptors (Lipinski definition) is 2. The van der Waals surface area contributed by atoms with Crippen molar-refractivity contribution in [2.24, 2.45) is 7.05 Å². The van der Waals surface area contributed by atoms with Gasteiger partial charge < -0.3 is 0 Å². The van der Waals surface area contributed by atoms with E-state index in [-0.39, 0.29) is 5.69 Å². The maximum Gasteiger partial charge on any atom is 0.434 e. The minimum absolute atomic E-state index is 0.0783. The van der Waals surface area contributed by atoms with Crippen LogP contribution in [0.3, 0.4) is 0 Å². The van der Waals surface area contributed by atoms with Gasteiger partial charge in [-0.25, -0.2) is 0 Å². The topological polar surface area (TPSA) is 30.7 Å². The molecule has 7 heteroatoms. The zero-order valence-corrected chi connectivity index (χ0v) is 9.42. The van der Waals surface area contributed by atoms with E-state index in [2.05, 4.69) is 10.1 Å². The molecule has 0 radical (unpaired) electrons. The van der Waals surface area contributed by atoms with Gasteiger partial charge in [-0.05, 0) is 12.1 Å². The van der Waals surface area contributed by atoms with Gasteiger partial charge in [0.15, 0.2) is 5.69 Å². The maximum absolute atomic E-state index is 12.7. The Kier molecular flexibility index (Phi) is 2.82. The van der Waals surface area contributed by atoms with Gasteiger partial charge in [-0.2, -0.15) is 18.3 Å². The van der Waals surface area contributed by atoms with Crippen LogP contribution in [0.2, 0.25) is 5.02 Å². The lowest BCUT2D eigenvalue weighted by atomic mass is 10.2. The summed E-state index contributed by atoms with van der Waals surface area (Å²) in [6.07, 6.45) is -1.60. The number of nitrogens with zero attached hydrogens (tertiary/aromatic N) is 3. The zero-order chi connectivity index (χ0) is 12.6. The number of alkyl halides is 3. The molecule has 3 nitrogen and oxygen atoms in total. The lowest BCUT2D eigenvalue weighted by molar-refractivity contribution is -0.143. The Morgan fingerprint density at radius 3 is 2.53 bits per heavy atom. The molecule has 17 heavy (non-hydrogen) atoms. The Morgan fingerprint density at radius 1 is 1.35 bits per heavy atom. The highest BCUT2D eigenvalue weighted by molar-refractivity contribution is 6.33. The molecule has 2 aromatic heterocycles. The molecule has 2 aromatic rings. The molecule has 0 aromatic carbocycles. The summed E-state index contributed by atoms with van der Waals surface area (Å²) in [5.74, 6) is 0. The fourth-order valence-electron chi connectivity index (χ4n) is 1.49. The number of aryl methyl sites for hydroxylation is 1. The molecule has 0 spiro atoms. The van der Waals surface area contributed by atoms with E-state index in [1.807, 2.05) is 0 Å². The Labute approximate surface area is 99.8 Å². The van der Waals surface area contributed by atoms with Gasteiger partial charge in [-0.3, -0.25) is 9.67 Å². The normalized spacial score (nSPS) is 11.8. The van der Waals surface area contributed by atoms with Crippen LogP contribution in [0, 0.1) is 0 Å². The molecule has 2 rings (SSSR count). The molecule has 0 amide bonds. The third-order valence-corrected chi connectivity index (χ3v) is 2.55. The van der Waals surface area contributed by atoms with Crippen LogP contribution >= 0.6 is 11.6 Å². The summed E-state index contributed by atoms with van der Waals surface area (Å²) < 4.78 is 38.8. The second-order valence-corrected chi connectivity index (χ2v) is 3.75. The Morgan fingerprint density at radius 2 is 2.06 bits per heavy atom. The first-order valence-corrected chi connectivity index (χ1v) is 4.99. The molecule has 0 saturated carbocycles. The van der Waals surface area contributed by atoms with E-state index in [4.69, 9.17) is 11.6 Å². The van der Waals surface area contributed by atoms with Crippen LogP contribution in [0.4, 0.5) is 13.2 Å². The fourth-order valence-corrected chi connectivity index (χ4v) is 1.87. The molecule has 0 saturated heterocycles. The average Bonchev–Trinajstić information content (AvgIpc) is 2.54. The van der Waals surface area contributed by atoms with E-state index in [1.54, 1.807) is 12.1 Å². The lowest BCUT2D eigenvalue weighted by Crippen LogP contribution is -2.12. The van der Waals surface area contributed by atoms with Crippen molar-refractivity contribution in [3.63, 3.8) is 0 Å². The molecular weight excluding hydrogens is 255 g/mol. The minimum Gasteiger partial charge on any atom is -0.264 e. The van der Waals surface area contributed by atoms with Gasteiger partial charge in [0.25, 0.3) is 0 Å². The van der Waals surface area contributed by atoms with Crippen LogP contribution in [0.15, 0.2) is 24.5 Å². The van der Waals surface area contributed by atoms with E-state index in [0.717, 1.165) is 4.68 Å². The summed E-state index contributed by atoms with van der Waals surface area (Å²) in [6.45, 7) is 0. The SMILES string of the molecule is Cn1nc(-c2cccnc2)c(Cl)c1C(F)(F)F. The highest BCUT2D eigenvalue weighted by atomic mass is 35.5. The first kappa shape index (κ1) is 11.9. The van der Waals surface area contributed by atoms with Gasteiger partial charge in [0.1, 0.15) is 5.69 Å². The quantitative estimate of drug-likeness (QED) is 0.789. The number of aromatic nitrogens is 3. The molecule has 0 fully saturated rings. The molecule has 0 N–H and O–H groups in total. The molecule has 0 unspecified atom stereocenters. The third kappa shape index (κ3) is 2.12. The van der Waals surface area contributed by atoms with E-state index in [1.165, 1.54) is 19.4 Å². The van der Waals surface area contributed by atoms with Gasteiger partial charge in [0.2, 0.25) is 0 Å². The van der Waals surface area contributed by atoms with E-state index >= 15 is 0 Å². The van der Waals surface area contributed by atoms with Crippen LogP contribution in [-0.4, -0.2) is 14.8 Å². The molecule has 0 aliphatic carbocycles. The largest absolute Gasteiger partial charge is 0.434 e. The lowest BCUT2D eigenvalue weighted by Gasteiger charge is -2.06. The van der Waals surface area contributed by atoms with Crippen LogP contribution in [0.25, 0.3) is 11.3 Å². The van der Waals surface area contributed by atoms with E-state index in [9.17, 15) is 13.2 Å². The average molecular weight is 262 g/mol. The van der Waals surface area contributed by atoms with Gasteiger partial charge in [0, 0.05) is 25.0 Å². The maximum atomic E-state index is 12.7. The van der Waals surface area contributed by atoms with E-state index < -0.39 is 16.9 Å². The van der Waals surface area contributed by atoms with Crippen molar-refractivity contribution in [2.45, 2.75) is 6.18 Å². The smallest absolute Gasteiger partial charge is 0.264 e. The summed E-state index contributed by atoms with van der Waals surface area (Å²) in [5.41, 5.74) is -0.434. The highest BCUT2D eigenvalue weighted by Crippen LogP contribution is 2.39. The Bertz CT molecular complexity index is 534. The predicted octanol–water partition coefficient (Wildman–Crippen LogP) is 3.15. The molecule has 90 valence electrons. The van der Waals surface area contributed by atoms with Crippen molar-refractivity contribution in [1.29, 1.82) is 0 Å². The zero-order valence-electron chi connectivity index (χ0n) is 8.66. The number of hydrogen-bond donors (Lipinski definition) is 0. The highest BCUT2D eigenvalue weighted by Gasteiger charge is 2.38. The first-order chi connectivity index (χ1) is 7.91. The summed E-state index contributed by atoms with van der Waals surface area (Å²) >= 11 is 5.72. The van der Waals surface area contributed by atoms with Gasteiger partial charge in [0.05, 0.1) is 5.02 Å². The molecule has 0 atom stereocenters. The monoisotopic (exact) mass is 261 g/mol. The summed E-state index contributed by atoms with van der Waals surface area (Å²) in [5, 5.41) is 3.36. The van der Waals surface area contributed by atoms with Gasteiger partial charge in [-0.1, -0.05) is 11.6 Å². The van der Waals surface area contributed by atoms with Crippen molar-refractivity contribution in [3.05, 3.63) is 35.2 Å². The van der Waals surface area contributed by atoms with Crippen molar-refractivity contribution >= 4 is 11.6 Å². The first-order valence-electron chi connectivity index (χ1n) is 4.61. The van der Waals surface area contributed by atoms with Gasteiger partial charge >= 0.3 is 6.18 Å². The molecule has 0 aliphatic rings. The summed E-state index contributed by atoms with van der Waals surface area (Å²) in [4.78, 5) is 3.81. The Balaban J connectivity index is 2.60. The molecule has 2 heterocycles. The molecular formula is C10H7ClF3N3. The fraction of sp³-hybridized carbons (Fsp3) is 0.200.